The molecule has 1 fully saturated rings. The van der Waals surface area contributed by atoms with Gasteiger partial charge in [0.2, 0.25) is 5.89 Å². The number of methoxy groups -OCH3 is 1. The Hall–Kier alpha value is -3.39. The van der Waals surface area contributed by atoms with Gasteiger partial charge in [-0.25, -0.2) is 0 Å². The summed E-state index contributed by atoms with van der Waals surface area (Å²) in [6.45, 7) is 2.62. The minimum Gasteiger partial charge on any atom is -0.497 e. The minimum atomic E-state index is -0.562. The maximum Gasteiger partial charge on any atom is 0.318 e. The molecule has 4 rings (SSSR count). The maximum absolute atomic E-state index is 12.8. The molecule has 1 aliphatic heterocycles. The summed E-state index contributed by atoms with van der Waals surface area (Å²) in [5.41, 5.74) is 1.37. The molecular formula is C21H22N4O4. The molecule has 0 aliphatic carbocycles. The summed E-state index contributed by atoms with van der Waals surface area (Å²) in [6, 6.07) is 16.3. The zero-order chi connectivity index (χ0) is 20.1. The Morgan fingerprint density at radius 1 is 1.07 bits per heavy atom. The van der Waals surface area contributed by atoms with Crippen LogP contribution in [-0.4, -0.2) is 49.5 Å². The average Bonchev–Trinajstić information content (AvgIpc) is 3.28. The molecule has 1 aromatic heterocycles. The van der Waals surface area contributed by atoms with E-state index in [9.17, 15) is 4.79 Å². The number of ether oxygens (including phenoxy) is 2. The molecule has 1 saturated heterocycles. The first kappa shape index (κ1) is 18.9. The number of carbonyl (C=O) groups excluding carboxylic acids is 1. The van der Waals surface area contributed by atoms with E-state index in [-0.39, 0.29) is 5.91 Å². The fourth-order valence-electron chi connectivity index (χ4n) is 3.12. The van der Waals surface area contributed by atoms with Crippen LogP contribution in [0.3, 0.4) is 0 Å². The predicted molar refractivity (Wildman–Crippen MR) is 106 cm³/mol. The molecule has 150 valence electrons. The molecule has 1 atom stereocenters. The number of hydrogen-bond acceptors (Lipinski definition) is 7. The van der Waals surface area contributed by atoms with Crippen molar-refractivity contribution in [1.82, 2.24) is 15.5 Å². The lowest BCUT2D eigenvalue weighted by atomic mass is 10.1. The third-order valence-electron chi connectivity index (χ3n) is 4.72. The van der Waals surface area contributed by atoms with Gasteiger partial charge in [0.1, 0.15) is 11.8 Å². The zero-order valence-electron chi connectivity index (χ0n) is 16.1. The van der Waals surface area contributed by atoms with E-state index in [1.165, 1.54) is 0 Å². The number of nitrogens with zero attached hydrogens (tertiary/aromatic N) is 3. The Morgan fingerprint density at radius 3 is 2.48 bits per heavy atom. The van der Waals surface area contributed by atoms with E-state index in [0.717, 1.165) is 5.56 Å². The second-order valence-corrected chi connectivity index (χ2v) is 6.57. The van der Waals surface area contributed by atoms with Gasteiger partial charge in [0, 0.05) is 18.7 Å². The molecule has 29 heavy (non-hydrogen) atoms. The van der Waals surface area contributed by atoms with Crippen molar-refractivity contribution in [2.24, 2.45) is 0 Å². The normalized spacial score (nSPS) is 15.0. The van der Waals surface area contributed by atoms with E-state index in [0.29, 0.717) is 49.5 Å². The number of aromatic nitrogens is 2. The van der Waals surface area contributed by atoms with Gasteiger partial charge in [-0.2, -0.15) is 0 Å². The van der Waals surface area contributed by atoms with E-state index >= 15 is 0 Å². The van der Waals surface area contributed by atoms with Gasteiger partial charge in [-0.05, 0) is 29.8 Å². The number of nitrogens with one attached hydrogen (secondary N) is 1. The van der Waals surface area contributed by atoms with Gasteiger partial charge in [-0.15, -0.1) is 5.10 Å². The van der Waals surface area contributed by atoms with Crippen LogP contribution < -0.4 is 15.0 Å². The molecule has 2 heterocycles. The van der Waals surface area contributed by atoms with Crippen molar-refractivity contribution in [3.05, 3.63) is 71.6 Å². The van der Waals surface area contributed by atoms with Crippen LogP contribution in [0.4, 0.5) is 6.01 Å². The highest BCUT2D eigenvalue weighted by Crippen LogP contribution is 2.25. The van der Waals surface area contributed by atoms with Crippen molar-refractivity contribution in [1.29, 1.82) is 0 Å². The molecule has 8 nitrogen and oxygen atoms in total. The number of benzene rings is 2. The van der Waals surface area contributed by atoms with E-state index in [4.69, 9.17) is 13.9 Å². The summed E-state index contributed by atoms with van der Waals surface area (Å²) in [5.74, 6) is 0.778. The third-order valence-corrected chi connectivity index (χ3v) is 4.72. The van der Waals surface area contributed by atoms with Crippen LogP contribution in [0, 0.1) is 0 Å². The molecule has 0 bridgehead atoms. The van der Waals surface area contributed by atoms with Crippen LogP contribution in [0.2, 0.25) is 0 Å². The first-order valence-corrected chi connectivity index (χ1v) is 9.40. The second kappa shape index (κ2) is 8.74. The van der Waals surface area contributed by atoms with Crippen molar-refractivity contribution >= 4 is 11.9 Å². The maximum atomic E-state index is 12.8. The van der Waals surface area contributed by atoms with Crippen molar-refractivity contribution < 1.29 is 18.7 Å². The van der Waals surface area contributed by atoms with Crippen LogP contribution in [0.1, 0.15) is 27.9 Å². The highest BCUT2D eigenvalue weighted by molar-refractivity contribution is 5.94. The smallest absolute Gasteiger partial charge is 0.318 e. The van der Waals surface area contributed by atoms with Crippen molar-refractivity contribution in [3.8, 4) is 5.75 Å². The van der Waals surface area contributed by atoms with Crippen molar-refractivity contribution in [2.45, 2.75) is 6.04 Å². The number of hydrogen-bond donors (Lipinski definition) is 1. The SMILES string of the molecule is COc1ccc(C(=O)NC(c2ccccc2)c2nnc(N3CCOCC3)o2)cc1. The Labute approximate surface area is 168 Å². The summed E-state index contributed by atoms with van der Waals surface area (Å²) < 4.78 is 16.4. The second-order valence-electron chi connectivity index (χ2n) is 6.57. The molecule has 8 heteroatoms. The highest BCUT2D eigenvalue weighted by Gasteiger charge is 2.25. The summed E-state index contributed by atoms with van der Waals surface area (Å²) in [7, 11) is 1.59. The van der Waals surface area contributed by atoms with Crippen molar-refractivity contribution in [3.63, 3.8) is 0 Å². The first-order chi connectivity index (χ1) is 14.2. The van der Waals surface area contributed by atoms with Crippen LogP contribution in [0.5, 0.6) is 5.75 Å². The average molecular weight is 394 g/mol. The fourth-order valence-corrected chi connectivity index (χ4v) is 3.12. The van der Waals surface area contributed by atoms with Crippen LogP contribution in [0.15, 0.2) is 59.0 Å². The molecule has 1 unspecified atom stereocenters. The molecule has 0 saturated carbocycles. The van der Waals surface area contributed by atoms with Gasteiger partial charge >= 0.3 is 6.01 Å². The van der Waals surface area contributed by atoms with Crippen LogP contribution in [-0.2, 0) is 4.74 Å². The molecule has 2 aromatic carbocycles. The lowest BCUT2D eigenvalue weighted by molar-refractivity contribution is 0.0937. The van der Waals surface area contributed by atoms with Gasteiger partial charge in [0.15, 0.2) is 0 Å². The number of morpholine rings is 1. The standard InChI is InChI=1S/C21H22N4O4/c1-27-17-9-7-16(8-10-17)19(26)22-18(15-5-3-2-4-6-15)20-23-24-21(29-20)25-11-13-28-14-12-25/h2-10,18H,11-14H2,1H3,(H,22,26). The molecule has 1 amide bonds. The Bertz CT molecular complexity index is 937. The number of anilines is 1. The summed E-state index contributed by atoms with van der Waals surface area (Å²) in [4.78, 5) is 14.8. The number of carbonyl (C=O) groups is 1. The van der Waals surface area contributed by atoms with E-state index in [1.54, 1.807) is 31.4 Å². The van der Waals surface area contributed by atoms with Crippen LogP contribution >= 0.6 is 0 Å². The largest absolute Gasteiger partial charge is 0.497 e. The molecule has 1 N–H and O–H groups in total. The Balaban J connectivity index is 1.58. The summed E-state index contributed by atoms with van der Waals surface area (Å²) in [6.07, 6.45) is 0. The lowest BCUT2D eigenvalue weighted by Crippen LogP contribution is -2.36. The molecular weight excluding hydrogens is 372 g/mol. The highest BCUT2D eigenvalue weighted by atomic mass is 16.5. The predicted octanol–water partition coefficient (Wildman–Crippen LogP) is 2.43. The number of amides is 1. The summed E-state index contributed by atoms with van der Waals surface area (Å²) in [5, 5.41) is 11.4. The van der Waals surface area contributed by atoms with Gasteiger partial charge in [-0.1, -0.05) is 35.4 Å². The Kier molecular flexibility index (Phi) is 5.71. The molecule has 0 spiro atoms. The van der Waals surface area contributed by atoms with E-state index < -0.39 is 6.04 Å². The quantitative estimate of drug-likeness (QED) is 0.687. The Morgan fingerprint density at radius 2 is 1.79 bits per heavy atom. The zero-order valence-corrected chi connectivity index (χ0v) is 16.1. The minimum absolute atomic E-state index is 0.243. The third kappa shape index (κ3) is 4.38. The van der Waals surface area contributed by atoms with E-state index in [2.05, 4.69) is 15.5 Å². The summed E-state index contributed by atoms with van der Waals surface area (Å²) >= 11 is 0. The van der Waals surface area contributed by atoms with Gasteiger partial charge < -0.3 is 24.1 Å². The first-order valence-electron chi connectivity index (χ1n) is 9.40. The fraction of sp³-hybridized carbons (Fsp3) is 0.286. The molecule has 1 aliphatic rings. The van der Waals surface area contributed by atoms with Gasteiger partial charge in [0.25, 0.3) is 5.91 Å². The van der Waals surface area contributed by atoms with Crippen molar-refractivity contribution in [2.75, 3.05) is 38.3 Å². The lowest BCUT2D eigenvalue weighted by Gasteiger charge is -2.24. The molecule has 0 radical (unpaired) electrons. The monoisotopic (exact) mass is 394 g/mol. The van der Waals surface area contributed by atoms with Crippen LogP contribution in [0.25, 0.3) is 0 Å². The van der Waals surface area contributed by atoms with Gasteiger partial charge in [0.05, 0.1) is 20.3 Å². The van der Waals surface area contributed by atoms with E-state index in [1.807, 2.05) is 35.2 Å². The van der Waals surface area contributed by atoms with Gasteiger partial charge in [-0.3, -0.25) is 4.79 Å². The molecule has 3 aromatic rings. The topological polar surface area (TPSA) is 89.7 Å². The number of rotatable bonds is 6.